The molecule has 0 unspecified atom stereocenters. The lowest BCUT2D eigenvalue weighted by Gasteiger charge is -2.46. The number of benzene rings is 1. The van der Waals surface area contributed by atoms with Crippen LogP contribution in [-0.2, 0) is 0 Å². The number of halogens is 1. The van der Waals surface area contributed by atoms with Crippen LogP contribution in [0, 0.1) is 19.7 Å². The predicted molar refractivity (Wildman–Crippen MR) is 142 cm³/mol. The van der Waals surface area contributed by atoms with Crippen molar-refractivity contribution in [2.75, 3.05) is 19.6 Å². The van der Waals surface area contributed by atoms with Crippen LogP contribution < -0.4 is 0 Å². The van der Waals surface area contributed by atoms with Crippen molar-refractivity contribution in [3.63, 3.8) is 0 Å². The average molecular weight is 518 g/mol. The van der Waals surface area contributed by atoms with Crippen molar-refractivity contribution in [2.45, 2.75) is 53.0 Å². The van der Waals surface area contributed by atoms with Gasteiger partial charge in [-0.3, -0.25) is 14.7 Å². The quantitative estimate of drug-likeness (QED) is 0.433. The first-order chi connectivity index (χ1) is 17.9. The van der Waals surface area contributed by atoms with Crippen molar-refractivity contribution in [2.24, 2.45) is 0 Å². The van der Waals surface area contributed by atoms with Gasteiger partial charge in [0.2, 0.25) is 0 Å². The summed E-state index contributed by atoms with van der Waals surface area (Å²) in [5.74, 6) is -0.505. The number of aryl methyl sites for hydroxylation is 2. The van der Waals surface area contributed by atoms with Crippen LogP contribution in [0.2, 0.25) is 0 Å². The number of H-pyrrole nitrogens is 1. The summed E-state index contributed by atoms with van der Waals surface area (Å²) in [6.45, 7) is 12.7. The fraction of sp³-hybridized carbons (Fsp3) is 0.393. The second kappa shape index (κ2) is 9.34. The molecule has 10 heteroatoms. The first kappa shape index (κ1) is 25.6. The van der Waals surface area contributed by atoms with E-state index in [1.807, 2.05) is 26.8 Å². The monoisotopic (exact) mass is 517 g/mol. The van der Waals surface area contributed by atoms with Crippen LogP contribution in [0.4, 0.5) is 4.39 Å². The van der Waals surface area contributed by atoms with Gasteiger partial charge in [-0.1, -0.05) is 13.8 Å². The van der Waals surface area contributed by atoms with Crippen LogP contribution in [0.5, 0.6) is 0 Å². The standard InChI is InChI=1S/C28H32FN7O2/c1-16(2)20-13-22(19-7-8-21(29)17(3)11-19)33-36-14-24(30-25(20)36)27(38)35-10-9-34(15-28(35,5)6)26(37)23-12-18(4)31-32-23/h7-8,11-14,16H,9-10,15H2,1-6H3,(H,31,32). The number of hydrogen-bond donors (Lipinski definition) is 1. The van der Waals surface area contributed by atoms with Crippen molar-refractivity contribution in [1.29, 1.82) is 0 Å². The van der Waals surface area contributed by atoms with Crippen LogP contribution in [0.15, 0.2) is 36.5 Å². The molecule has 38 heavy (non-hydrogen) atoms. The van der Waals surface area contributed by atoms with E-state index in [1.54, 1.807) is 45.6 Å². The van der Waals surface area contributed by atoms with Crippen LogP contribution in [0.25, 0.3) is 16.9 Å². The van der Waals surface area contributed by atoms with Gasteiger partial charge in [-0.25, -0.2) is 13.9 Å². The Kier molecular flexibility index (Phi) is 6.28. The van der Waals surface area contributed by atoms with E-state index in [9.17, 15) is 14.0 Å². The Morgan fingerprint density at radius 1 is 1.05 bits per heavy atom. The molecule has 0 saturated carbocycles. The number of hydrogen-bond acceptors (Lipinski definition) is 5. The highest BCUT2D eigenvalue weighted by Crippen LogP contribution is 2.29. The molecule has 3 aromatic heterocycles. The second-order valence-corrected chi connectivity index (χ2v) is 10.9. The molecular weight excluding hydrogens is 485 g/mol. The predicted octanol–water partition coefficient (Wildman–Crippen LogP) is 4.38. The molecule has 1 aliphatic heterocycles. The van der Waals surface area contributed by atoms with E-state index in [0.29, 0.717) is 47.9 Å². The van der Waals surface area contributed by atoms with Crippen molar-refractivity contribution in [3.8, 4) is 11.3 Å². The van der Waals surface area contributed by atoms with Crippen molar-refractivity contribution >= 4 is 17.5 Å². The maximum Gasteiger partial charge on any atom is 0.274 e. The van der Waals surface area contributed by atoms with Gasteiger partial charge in [-0.05, 0) is 69.5 Å². The number of imidazole rings is 1. The molecule has 2 amide bonds. The third kappa shape index (κ3) is 4.55. The van der Waals surface area contributed by atoms with Gasteiger partial charge >= 0.3 is 0 Å². The third-order valence-electron chi connectivity index (χ3n) is 7.11. The van der Waals surface area contributed by atoms with Crippen molar-refractivity contribution < 1.29 is 14.0 Å². The van der Waals surface area contributed by atoms with E-state index in [1.165, 1.54) is 6.07 Å². The van der Waals surface area contributed by atoms with E-state index in [-0.39, 0.29) is 23.5 Å². The summed E-state index contributed by atoms with van der Waals surface area (Å²) in [5.41, 5.74) is 4.45. The number of amides is 2. The van der Waals surface area contributed by atoms with Gasteiger partial charge in [0, 0.05) is 36.5 Å². The maximum atomic E-state index is 13.9. The fourth-order valence-electron chi connectivity index (χ4n) is 5.01. The highest BCUT2D eigenvalue weighted by atomic mass is 19.1. The molecular formula is C28H32FN7O2. The van der Waals surface area contributed by atoms with Gasteiger partial charge in [0.1, 0.15) is 17.2 Å². The van der Waals surface area contributed by atoms with E-state index in [4.69, 9.17) is 10.1 Å². The minimum absolute atomic E-state index is 0.128. The summed E-state index contributed by atoms with van der Waals surface area (Å²) in [6, 6.07) is 8.60. The molecule has 1 aliphatic rings. The number of rotatable bonds is 4. The molecule has 4 aromatic rings. The lowest BCUT2D eigenvalue weighted by Crippen LogP contribution is -2.62. The molecule has 1 fully saturated rings. The van der Waals surface area contributed by atoms with Crippen LogP contribution in [0.1, 0.15) is 71.4 Å². The number of aromatic nitrogens is 5. The van der Waals surface area contributed by atoms with E-state index >= 15 is 0 Å². The fourth-order valence-corrected chi connectivity index (χ4v) is 5.01. The number of aromatic amines is 1. The highest BCUT2D eigenvalue weighted by Gasteiger charge is 2.40. The van der Waals surface area contributed by atoms with Crippen LogP contribution >= 0.6 is 0 Å². The zero-order chi connectivity index (χ0) is 27.4. The SMILES string of the molecule is Cc1cc(C(=O)N2CCN(C(=O)c3cn4nc(-c5ccc(F)c(C)c5)cc(C(C)C)c4n3)C(C)(C)C2)n[nH]1. The van der Waals surface area contributed by atoms with Gasteiger partial charge in [0.15, 0.2) is 5.65 Å². The lowest BCUT2D eigenvalue weighted by atomic mass is 9.98. The number of piperazine rings is 1. The van der Waals surface area contributed by atoms with E-state index < -0.39 is 5.54 Å². The molecule has 4 heterocycles. The maximum absolute atomic E-state index is 13.9. The highest BCUT2D eigenvalue weighted by molar-refractivity contribution is 5.95. The van der Waals surface area contributed by atoms with E-state index in [0.717, 1.165) is 16.8 Å². The molecule has 1 aromatic carbocycles. The molecule has 198 valence electrons. The Morgan fingerprint density at radius 2 is 1.82 bits per heavy atom. The molecule has 0 atom stereocenters. The summed E-state index contributed by atoms with van der Waals surface area (Å²) in [4.78, 5) is 34.9. The number of nitrogens with zero attached hydrogens (tertiary/aromatic N) is 6. The topological polar surface area (TPSA) is 99.5 Å². The van der Waals surface area contributed by atoms with Crippen LogP contribution in [0.3, 0.4) is 0 Å². The van der Waals surface area contributed by atoms with Gasteiger partial charge < -0.3 is 9.80 Å². The van der Waals surface area contributed by atoms with Gasteiger partial charge in [-0.2, -0.15) is 10.2 Å². The number of carbonyl (C=O) groups is 2. The zero-order valence-electron chi connectivity index (χ0n) is 22.5. The molecule has 0 aliphatic carbocycles. The third-order valence-corrected chi connectivity index (χ3v) is 7.11. The largest absolute Gasteiger partial charge is 0.333 e. The summed E-state index contributed by atoms with van der Waals surface area (Å²) in [6.07, 6.45) is 1.66. The normalized spacial score (nSPS) is 15.5. The zero-order valence-corrected chi connectivity index (χ0v) is 22.5. The Morgan fingerprint density at radius 3 is 2.45 bits per heavy atom. The molecule has 5 rings (SSSR count). The molecule has 0 bridgehead atoms. The molecule has 0 spiro atoms. The Balaban J connectivity index is 1.44. The molecule has 0 radical (unpaired) electrons. The second-order valence-electron chi connectivity index (χ2n) is 10.9. The van der Waals surface area contributed by atoms with Gasteiger partial charge in [-0.15, -0.1) is 0 Å². The minimum atomic E-state index is -0.614. The smallest absolute Gasteiger partial charge is 0.274 e. The Labute approximate surface area is 220 Å². The van der Waals surface area contributed by atoms with Gasteiger partial charge in [0.25, 0.3) is 11.8 Å². The molecule has 1 N–H and O–H groups in total. The summed E-state index contributed by atoms with van der Waals surface area (Å²) in [7, 11) is 0. The number of carbonyl (C=O) groups excluding carboxylic acids is 2. The van der Waals surface area contributed by atoms with Crippen LogP contribution in [-0.4, -0.2) is 71.6 Å². The summed E-state index contributed by atoms with van der Waals surface area (Å²) in [5, 5.41) is 11.6. The Bertz CT molecular complexity index is 1550. The van der Waals surface area contributed by atoms with Crippen molar-refractivity contribution in [3.05, 3.63) is 70.6 Å². The minimum Gasteiger partial charge on any atom is -0.333 e. The molecule has 1 saturated heterocycles. The lowest BCUT2D eigenvalue weighted by molar-refractivity contribution is 0.0163. The van der Waals surface area contributed by atoms with Gasteiger partial charge in [0.05, 0.1) is 17.4 Å². The first-order valence-corrected chi connectivity index (χ1v) is 12.7. The van der Waals surface area contributed by atoms with E-state index in [2.05, 4.69) is 24.0 Å². The summed E-state index contributed by atoms with van der Waals surface area (Å²) < 4.78 is 15.5. The van der Waals surface area contributed by atoms with Crippen molar-refractivity contribution in [1.82, 2.24) is 34.6 Å². The number of nitrogens with one attached hydrogen (secondary N) is 1. The molecule has 9 nitrogen and oxygen atoms in total. The first-order valence-electron chi connectivity index (χ1n) is 12.7. The number of fused-ring (bicyclic) bond motifs is 1. The average Bonchev–Trinajstić information content (AvgIpc) is 3.49. The Hall–Kier alpha value is -4.08. The summed E-state index contributed by atoms with van der Waals surface area (Å²) >= 11 is 0.